The summed E-state index contributed by atoms with van der Waals surface area (Å²) in [6, 6.07) is 19.1. The van der Waals surface area contributed by atoms with E-state index in [1.165, 1.54) is 4.31 Å². The average molecular weight is 467 g/mol. The van der Waals surface area contributed by atoms with Crippen molar-refractivity contribution in [3.63, 3.8) is 0 Å². The van der Waals surface area contributed by atoms with Crippen molar-refractivity contribution in [1.82, 2.24) is 15.1 Å². The Morgan fingerprint density at radius 3 is 2.64 bits per heavy atom. The van der Waals surface area contributed by atoms with E-state index in [1.54, 1.807) is 36.2 Å². The number of rotatable bonds is 9. The molecule has 0 spiro atoms. The molecule has 1 fully saturated rings. The van der Waals surface area contributed by atoms with Crippen molar-refractivity contribution in [3.05, 3.63) is 71.9 Å². The summed E-state index contributed by atoms with van der Waals surface area (Å²) >= 11 is 0. The van der Waals surface area contributed by atoms with Crippen LogP contribution >= 0.6 is 0 Å². The Balaban J connectivity index is 1.23. The maximum Gasteiger partial charge on any atom is 0.253 e. The van der Waals surface area contributed by atoms with Crippen LogP contribution < -0.4 is 4.31 Å². The van der Waals surface area contributed by atoms with Crippen molar-refractivity contribution in [2.75, 3.05) is 30.2 Å². The minimum Gasteiger partial charge on any atom is -0.342 e. The Bertz CT molecular complexity index is 1190. The van der Waals surface area contributed by atoms with Crippen LogP contribution in [0.2, 0.25) is 0 Å². The molecule has 1 saturated heterocycles. The van der Waals surface area contributed by atoms with Gasteiger partial charge in [0.25, 0.3) is 5.91 Å². The van der Waals surface area contributed by atoms with Crippen LogP contribution in [0, 0.1) is 0 Å². The number of aromatic amines is 1. The number of sulfonamides is 1. The molecule has 1 aromatic heterocycles. The highest BCUT2D eigenvalue weighted by molar-refractivity contribution is 7.93. The van der Waals surface area contributed by atoms with Gasteiger partial charge in [0.2, 0.25) is 10.0 Å². The van der Waals surface area contributed by atoms with E-state index >= 15 is 0 Å². The smallest absolute Gasteiger partial charge is 0.253 e. The predicted octanol–water partition coefficient (Wildman–Crippen LogP) is 4.10. The second-order valence-corrected chi connectivity index (χ2v) is 10.5. The highest BCUT2D eigenvalue weighted by atomic mass is 32.2. The third-order valence-corrected chi connectivity index (χ3v) is 7.84. The largest absolute Gasteiger partial charge is 0.342 e. The summed E-state index contributed by atoms with van der Waals surface area (Å²) in [4.78, 5) is 14.6. The molecule has 0 unspecified atom stereocenters. The van der Waals surface area contributed by atoms with Gasteiger partial charge >= 0.3 is 0 Å². The average Bonchev–Trinajstić information content (AvgIpc) is 3.44. The van der Waals surface area contributed by atoms with Crippen molar-refractivity contribution in [1.29, 1.82) is 0 Å². The topological polar surface area (TPSA) is 86.4 Å². The lowest BCUT2D eigenvalue weighted by atomic mass is 10.1. The van der Waals surface area contributed by atoms with Crippen LogP contribution in [-0.2, 0) is 16.4 Å². The molecule has 1 amide bonds. The molecule has 1 N–H and O–H groups in total. The van der Waals surface area contributed by atoms with E-state index < -0.39 is 10.0 Å². The van der Waals surface area contributed by atoms with E-state index in [0.29, 0.717) is 30.8 Å². The molecule has 0 atom stereocenters. The summed E-state index contributed by atoms with van der Waals surface area (Å²) < 4.78 is 25.8. The molecule has 1 aliphatic rings. The number of nitrogens with one attached hydrogen (secondary N) is 1. The fourth-order valence-electron chi connectivity index (χ4n) is 4.13. The molecule has 2 heterocycles. The summed E-state index contributed by atoms with van der Waals surface area (Å²) in [7, 11) is -1.46. The highest BCUT2D eigenvalue weighted by Crippen LogP contribution is 2.25. The molecule has 8 heteroatoms. The molecule has 0 aliphatic carbocycles. The Labute approximate surface area is 195 Å². The Kier molecular flexibility index (Phi) is 7.13. The van der Waals surface area contributed by atoms with Crippen LogP contribution in [0.25, 0.3) is 11.3 Å². The number of unbranched alkanes of at least 4 members (excludes halogenated alkanes) is 2. The summed E-state index contributed by atoms with van der Waals surface area (Å²) in [6.45, 7) is 1.13. The number of carbonyl (C=O) groups excluding carboxylic acids is 1. The fraction of sp³-hybridized carbons (Fsp3) is 0.360. The van der Waals surface area contributed by atoms with Crippen molar-refractivity contribution in [3.8, 4) is 11.3 Å². The standard InChI is InChI=1S/C25H30N4O3S/c1-28(25(30)21-12-8-14-23(18-21)29-16-9-17-33(29,31)32)15-7-3-6-13-22-19-24(27-26-22)20-10-4-2-5-11-20/h2,4-5,8,10-12,14,18-19H,3,6-7,9,13,15-17H2,1H3,(H,26,27). The lowest BCUT2D eigenvalue weighted by Gasteiger charge is -2.20. The van der Waals surface area contributed by atoms with Gasteiger partial charge in [0.05, 0.1) is 17.1 Å². The van der Waals surface area contributed by atoms with Gasteiger partial charge in [-0.3, -0.25) is 14.2 Å². The quantitative estimate of drug-likeness (QED) is 0.481. The van der Waals surface area contributed by atoms with Crippen LogP contribution in [0.5, 0.6) is 0 Å². The van der Waals surface area contributed by atoms with Gasteiger partial charge in [-0.1, -0.05) is 42.8 Å². The van der Waals surface area contributed by atoms with Gasteiger partial charge in [0.1, 0.15) is 0 Å². The Hall–Kier alpha value is -3.13. The summed E-state index contributed by atoms with van der Waals surface area (Å²) in [5.41, 5.74) is 4.27. The van der Waals surface area contributed by atoms with E-state index in [1.807, 2.05) is 30.3 Å². The van der Waals surface area contributed by atoms with Gasteiger partial charge in [-0.05, 0) is 49.9 Å². The number of hydrogen-bond donors (Lipinski definition) is 1. The maximum absolute atomic E-state index is 12.8. The minimum absolute atomic E-state index is 0.0884. The number of aryl methyl sites for hydroxylation is 1. The second-order valence-electron chi connectivity index (χ2n) is 8.47. The molecule has 0 saturated carbocycles. The first-order valence-corrected chi connectivity index (χ1v) is 13.0. The minimum atomic E-state index is -3.26. The normalized spacial score (nSPS) is 15.0. The van der Waals surface area contributed by atoms with Crippen molar-refractivity contribution >= 4 is 21.6 Å². The Morgan fingerprint density at radius 1 is 1.06 bits per heavy atom. The fourth-order valence-corrected chi connectivity index (χ4v) is 5.69. The highest BCUT2D eigenvalue weighted by Gasteiger charge is 2.28. The van der Waals surface area contributed by atoms with Crippen LogP contribution in [0.4, 0.5) is 5.69 Å². The van der Waals surface area contributed by atoms with Crippen molar-refractivity contribution in [2.24, 2.45) is 0 Å². The lowest BCUT2D eigenvalue weighted by molar-refractivity contribution is 0.0792. The number of aromatic nitrogens is 2. The van der Waals surface area contributed by atoms with Crippen LogP contribution in [0.1, 0.15) is 41.7 Å². The van der Waals surface area contributed by atoms with E-state index in [-0.39, 0.29) is 11.7 Å². The van der Waals surface area contributed by atoms with Gasteiger partial charge in [0.15, 0.2) is 0 Å². The van der Waals surface area contributed by atoms with Crippen LogP contribution in [0.3, 0.4) is 0 Å². The molecule has 0 radical (unpaired) electrons. The van der Waals surface area contributed by atoms with Gasteiger partial charge in [-0.2, -0.15) is 5.10 Å². The third-order valence-electron chi connectivity index (χ3n) is 5.97. The van der Waals surface area contributed by atoms with E-state index in [4.69, 9.17) is 0 Å². The molecular weight excluding hydrogens is 436 g/mol. The van der Waals surface area contributed by atoms with Crippen molar-refractivity contribution in [2.45, 2.75) is 32.1 Å². The molecule has 0 bridgehead atoms. The SMILES string of the molecule is CN(CCCCCc1cc(-c2ccccc2)n[nH]1)C(=O)c1cccc(N2CCCS2(=O)=O)c1. The molecule has 3 aromatic rings. The molecule has 33 heavy (non-hydrogen) atoms. The van der Waals surface area contributed by atoms with Gasteiger partial charge in [-0.15, -0.1) is 0 Å². The zero-order chi connectivity index (χ0) is 23.3. The van der Waals surface area contributed by atoms with Crippen LogP contribution in [0.15, 0.2) is 60.7 Å². The molecular formula is C25H30N4O3S. The van der Waals surface area contributed by atoms with E-state index in [2.05, 4.69) is 16.3 Å². The number of benzene rings is 2. The number of hydrogen-bond acceptors (Lipinski definition) is 4. The number of carbonyl (C=O) groups is 1. The zero-order valence-electron chi connectivity index (χ0n) is 18.9. The second kappa shape index (κ2) is 10.2. The lowest BCUT2D eigenvalue weighted by Crippen LogP contribution is -2.29. The predicted molar refractivity (Wildman–Crippen MR) is 131 cm³/mol. The Morgan fingerprint density at radius 2 is 1.88 bits per heavy atom. The first-order chi connectivity index (χ1) is 15.9. The molecule has 174 valence electrons. The number of H-pyrrole nitrogens is 1. The maximum atomic E-state index is 12.8. The van der Waals surface area contributed by atoms with Gasteiger partial charge < -0.3 is 4.90 Å². The molecule has 4 rings (SSSR count). The summed E-state index contributed by atoms with van der Waals surface area (Å²) in [6.07, 6.45) is 4.46. The molecule has 7 nitrogen and oxygen atoms in total. The van der Waals surface area contributed by atoms with Gasteiger partial charge in [0, 0.05) is 37.0 Å². The summed E-state index contributed by atoms with van der Waals surface area (Å²) in [5.74, 6) is 0.0755. The van der Waals surface area contributed by atoms with E-state index in [9.17, 15) is 13.2 Å². The van der Waals surface area contributed by atoms with Gasteiger partial charge in [-0.25, -0.2) is 8.42 Å². The summed E-state index contributed by atoms with van der Waals surface area (Å²) in [5, 5.41) is 7.51. The molecule has 2 aromatic carbocycles. The zero-order valence-corrected chi connectivity index (χ0v) is 19.7. The number of amides is 1. The molecule has 1 aliphatic heterocycles. The monoisotopic (exact) mass is 466 g/mol. The van der Waals surface area contributed by atoms with Crippen molar-refractivity contribution < 1.29 is 13.2 Å². The third kappa shape index (κ3) is 5.63. The van der Waals surface area contributed by atoms with Crippen LogP contribution in [-0.4, -0.2) is 55.3 Å². The van der Waals surface area contributed by atoms with E-state index in [0.717, 1.165) is 42.6 Å². The number of nitrogens with zero attached hydrogens (tertiary/aromatic N) is 3. The first kappa shape index (κ1) is 23.0. The first-order valence-electron chi connectivity index (χ1n) is 11.4. The number of anilines is 1.